The van der Waals surface area contributed by atoms with Crippen molar-refractivity contribution < 1.29 is 0 Å². The van der Waals surface area contributed by atoms with Crippen molar-refractivity contribution in [2.24, 2.45) is 5.41 Å². The van der Waals surface area contributed by atoms with Crippen molar-refractivity contribution in [3.8, 4) is 0 Å². The highest BCUT2D eigenvalue weighted by Gasteiger charge is 2.55. The molecular weight excluding hydrogens is 254 g/mol. The van der Waals surface area contributed by atoms with Gasteiger partial charge in [0, 0.05) is 18.1 Å². The van der Waals surface area contributed by atoms with Crippen LogP contribution < -0.4 is 0 Å². The molecule has 1 unspecified atom stereocenters. The van der Waals surface area contributed by atoms with Crippen LogP contribution in [0.2, 0.25) is 0 Å². The number of hydrogen-bond donors (Lipinski definition) is 0. The second kappa shape index (κ2) is 4.59. The maximum absolute atomic E-state index is 2.85. The lowest BCUT2D eigenvalue weighted by atomic mass is 9.90. The molecule has 1 heterocycles. The number of benzene rings is 1. The minimum absolute atomic E-state index is 0.327. The maximum atomic E-state index is 2.85. The molecule has 1 aromatic rings. The summed E-state index contributed by atoms with van der Waals surface area (Å²) in [4.78, 5) is 2.85. The molecule has 1 aliphatic heterocycles. The van der Waals surface area contributed by atoms with Gasteiger partial charge in [-0.3, -0.25) is 4.90 Å². The highest BCUT2D eigenvalue weighted by molar-refractivity contribution is 5.37. The van der Waals surface area contributed by atoms with Gasteiger partial charge in [0.05, 0.1) is 0 Å². The number of nitrogens with zero attached hydrogens (tertiary/aromatic N) is 1. The Labute approximate surface area is 129 Å². The molecule has 3 aliphatic rings. The average Bonchev–Trinajstić information content (AvgIpc) is 3.38. The summed E-state index contributed by atoms with van der Waals surface area (Å²) in [6.45, 7) is 8.57. The second-order valence-electron chi connectivity index (χ2n) is 8.42. The summed E-state index contributed by atoms with van der Waals surface area (Å²) in [6, 6.07) is 10.0. The summed E-state index contributed by atoms with van der Waals surface area (Å²) in [6.07, 6.45) is 8.39. The average molecular weight is 283 g/mol. The Kier molecular flexibility index (Phi) is 3.02. The zero-order valence-corrected chi connectivity index (χ0v) is 13.9. The first kappa shape index (κ1) is 13.8. The summed E-state index contributed by atoms with van der Waals surface area (Å²) < 4.78 is 0. The lowest BCUT2D eigenvalue weighted by Crippen LogP contribution is -2.43. The van der Waals surface area contributed by atoms with Gasteiger partial charge in [-0.25, -0.2) is 0 Å². The lowest BCUT2D eigenvalue weighted by molar-refractivity contribution is 0.0970. The normalized spacial score (nSPS) is 28.2. The molecule has 1 heteroatoms. The van der Waals surface area contributed by atoms with Gasteiger partial charge in [-0.1, -0.05) is 31.2 Å². The van der Waals surface area contributed by atoms with Gasteiger partial charge in [-0.15, -0.1) is 0 Å². The van der Waals surface area contributed by atoms with Crippen LogP contribution in [0.5, 0.6) is 0 Å². The van der Waals surface area contributed by atoms with Gasteiger partial charge < -0.3 is 0 Å². The summed E-state index contributed by atoms with van der Waals surface area (Å²) in [7, 11) is 0. The third-order valence-electron chi connectivity index (χ3n) is 6.48. The van der Waals surface area contributed by atoms with Crippen LogP contribution in [-0.4, -0.2) is 17.0 Å². The van der Waals surface area contributed by atoms with Gasteiger partial charge in [0.15, 0.2) is 0 Å². The molecule has 21 heavy (non-hydrogen) atoms. The minimum atomic E-state index is 0.327. The van der Waals surface area contributed by atoms with E-state index in [-0.39, 0.29) is 0 Å². The van der Waals surface area contributed by atoms with E-state index in [1.54, 1.807) is 11.1 Å². The fourth-order valence-electron chi connectivity index (χ4n) is 4.29. The van der Waals surface area contributed by atoms with Crippen molar-refractivity contribution >= 4 is 0 Å². The minimum Gasteiger partial charge on any atom is -0.291 e. The Morgan fingerprint density at radius 3 is 2.38 bits per heavy atom. The molecule has 0 N–H and O–H groups in total. The fraction of sp³-hybridized carbons (Fsp3) is 0.700. The van der Waals surface area contributed by atoms with Crippen LogP contribution in [0.15, 0.2) is 24.3 Å². The van der Waals surface area contributed by atoms with E-state index in [0.717, 1.165) is 5.92 Å². The standard InChI is InChI=1S/C20H29N/c1-4-19(2,3)21-14-20(11-12-20)13-18(21)17-8-6-5-7-16(17)15-9-10-15/h5-8,15,18H,4,9-14H2,1-3H3. The molecular formula is C20H29N. The highest BCUT2D eigenvalue weighted by atomic mass is 15.3. The second-order valence-corrected chi connectivity index (χ2v) is 8.42. The van der Waals surface area contributed by atoms with E-state index in [2.05, 4.69) is 49.9 Å². The van der Waals surface area contributed by atoms with Gasteiger partial charge in [0.1, 0.15) is 0 Å². The maximum Gasteiger partial charge on any atom is 0.0362 e. The van der Waals surface area contributed by atoms with Crippen LogP contribution >= 0.6 is 0 Å². The van der Waals surface area contributed by atoms with Crippen molar-refractivity contribution in [1.29, 1.82) is 0 Å². The zero-order valence-electron chi connectivity index (χ0n) is 13.9. The van der Waals surface area contributed by atoms with Crippen molar-refractivity contribution in [1.82, 2.24) is 4.90 Å². The first-order chi connectivity index (χ1) is 10.0. The third kappa shape index (κ3) is 2.34. The third-order valence-corrected chi connectivity index (χ3v) is 6.48. The first-order valence-corrected chi connectivity index (χ1v) is 8.90. The monoisotopic (exact) mass is 283 g/mol. The first-order valence-electron chi connectivity index (χ1n) is 8.90. The van der Waals surface area contributed by atoms with Crippen LogP contribution in [0, 0.1) is 5.41 Å². The Morgan fingerprint density at radius 2 is 1.81 bits per heavy atom. The molecule has 0 bridgehead atoms. The topological polar surface area (TPSA) is 3.24 Å². The van der Waals surface area contributed by atoms with E-state index in [9.17, 15) is 0 Å². The van der Waals surface area contributed by atoms with E-state index in [4.69, 9.17) is 0 Å². The van der Waals surface area contributed by atoms with Crippen molar-refractivity contribution in [2.45, 2.75) is 76.8 Å². The molecule has 0 radical (unpaired) electrons. The predicted octanol–water partition coefficient (Wildman–Crippen LogP) is 5.28. The molecule has 1 nitrogen and oxygen atoms in total. The quantitative estimate of drug-likeness (QED) is 0.726. The summed E-state index contributed by atoms with van der Waals surface area (Å²) >= 11 is 0. The van der Waals surface area contributed by atoms with Crippen molar-refractivity contribution in [3.05, 3.63) is 35.4 Å². The lowest BCUT2D eigenvalue weighted by Gasteiger charge is -2.40. The molecule has 1 aromatic carbocycles. The van der Waals surface area contributed by atoms with Crippen LogP contribution in [0.3, 0.4) is 0 Å². The summed E-state index contributed by atoms with van der Waals surface area (Å²) in [5.74, 6) is 0.864. The molecule has 2 aliphatic carbocycles. The van der Waals surface area contributed by atoms with Crippen LogP contribution in [0.1, 0.15) is 82.4 Å². The number of hydrogen-bond acceptors (Lipinski definition) is 1. The molecule has 114 valence electrons. The predicted molar refractivity (Wildman–Crippen MR) is 88.5 cm³/mol. The van der Waals surface area contributed by atoms with Gasteiger partial charge in [-0.2, -0.15) is 0 Å². The number of likely N-dealkylation sites (tertiary alicyclic amines) is 1. The molecule has 1 spiro atoms. The van der Waals surface area contributed by atoms with Crippen LogP contribution in [-0.2, 0) is 0 Å². The van der Waals surface area contributed by atoms with Gasteiger partial charge in [0.25, 0.3) is 0 Å². The van der Waals surface area contributed by atoms with Crippen molar-refractivity contribution in [3.63, 3.8) is 0 Å². The van der Waals surface area contributed by atoms with E-state index >= 15 is 0 Å². The molecule has 3 fully saturated rings. The highest BCUT2D eigenvalue weighted by Crippen LogP contribution is 2.61. The molecule has 0 aromatic heterocycles. The Balaban J connectivity index is 1.72. The van der Waals surface area contributed by atoms with Crippen LogP contribution in [0.4, 0.5) is 0 Å². The summed E-state index contributed by atoms with van der Waals surface area (Å²) in [5, 5.41) is 0. The van der Waals surface area contributed by atoms with E-state index in [1.165, 1.54) is 45.1 Å². The van der Waals surface area contributed by atoms with E-state index in [0.29, 0.717) is 17.0 Å². The van der Waals surface area contributed by atoms with Crippen LogP contribution in [0.25, 0.3) is 0 Å². The Morgan fingerprint density at radius 1 is 1.14 bits per heavy atom. The van der Waals surface area contributed by atoms with E-state index < -0.39 is 0 Å². The smallest absolute Gasteiger partial charge is 0.0362 e. The SMILES string of the molecule is CCC(C)(C)N1CC2(CC2)CC1c1ccccc1C1CC1. The zero-order chi connectivity index (χ0) is 14.7. The molecule has 4 rings (SSSR count). The Hall–Kier alpha value is -0.820. The molecule has 1 saturated heterocycles. The van der Waals surface area contributed by atoms with Gasteiger partial charge >= 0.3 is 0 Å². The van der Waals surface area contributed by atoms with Gasteiger partial charge in [-0.05, 0) is 74.8 Å². The fourth-order valence-corrected chi connectivity index (χ4v) is 4.29. The molecule has 1 atom stereocenters. The van der Waals surface area contributed by atoms with Crippen molar-refractivity contribution in [2.75, 3.05) is 6.54 Å². The Bertz CT molecular complexity index is 537. The van der Waals surface area contributed by atoms with E-state index in [1.807, 2.05) is 0 Å². The van der Waals surface area contributed by atoms with Gasteiger partial charge in [0.2, 0.25) is 0 Å². The largest absolute Gasteiger partial charge is 0.291 e. The number of rotatable bonds is 4. The molecule has 0 amide bonds. The molecule has 2 saturated carbocycles. The summed E-state index contributed by atoms with van der Waals surface area (Å²) in [5.41, 5.74) is 4.32.